The number of rotatable bonds is 2. The number of fused-ring (bicyclic) bond motifs is 12. The minimum atomic E-state index is -0.0773. The van der Waals surface area contributed by atoms with Crippen molar-refractivity contribution < 1.29 is 0 Å². The van der Waals surface area contributed by atoms with Gasteiger partial charge >= 0.3 is 0 Å². The van der Waals surface area contributed by atoms with Crippen LogP contribution in [0.3, 0.4) is 0 Å². The first-order chi connectivity index (χ1) is 30.6. The van der Waals surface area contributed by atoms with Crippen LogP contribution >= 0.6 is 11.3 Å². The van der Waals surface area contributed by atoms with Crippen LogP contribution in [0.4, 0.5) is 39.1 Å². The van der Waals surface area contributed by atoms with Crippen LogP contribution in [0.15, 0.2) is 72.8 Å². The van der Waals surface area contributed by atoms with E-state index < -0.39 is 0 Å². The van der Waals surface area contributed by atoms with Crippen LogP contribution in [0.25, 0.3) is 10.1 Å². The second-order valence-corrected chi connectivity index (χ2v) is 25.6. The molecule has 0 amide bonds. The van der Waals surface area contributed by atoms with Gasteiger partial charge in [0.15, 0.2) is 0 Å². The molecule has 2 fully saturated rings. The summed E-state index contributed by atoms with van der Waals surface area (Å²) in [5, 5.41) is 2.80. The molecule has 0 N–H and O–H groups in total. The Morgan fingerprint density at radius 3 is 1.83 bits per heavy atom. The lowest BCUT2D eigenvalue weighted by molar-refractivity contribution is 0.193. The fourth-order valence-electron chi connectivity index (χ4n) is 15.2. The van der Waals surface area contributed by atoms with Crippen LogP contribution in [-0.4, -0.2) is 17.8 Å². The first-order valence-corrected chi connectivity index (χ1v) is 26.0. The van der Waals surface area contributed by atoms with Crippen LogP contribution in [-0.2, 0) is 21.7 Å². The van der Waals surface area contributed by atoms with E-state index in [1.807, 2.05) is 11.3 Å². The van der Waals surface area contributed by atoms with E-state index in [0.29, 0.717) is 0 Å². The Hall–Kier alpha value is -4.48. The van der Waals surface area contributed by atoms with Crippen molar-refractivity contribution in [3.8, 4) is 0 Å². The van der Waals surface area contributed by atoms with E-state index in [0.717, 1.165) is 0 Å². The fraction of sp³-hybridized carbons (Fsp3) is 0.467. The van der Waals surface area contributed by atoms with Crippen LogP contribution < -0.4 is 31.1 Å². The molecule has 4 aliphatic heterocycles. The second kappa shape index (κ2) is 13.1. The zero-order valence-corrected chi connectivity index (χ0v) is 42.7. The second-order valence-electron chi connectivity index (χ2n) is 24.6. The Kier molecular flexibility index (Phi) is 8.48. The predicted molar refractivity (Wildman–Crippen MR) is 283 cm³/mol. The smallest absolute Gasteiger partial charge is 0.254 e. The highest BCUT2D eigenvalue weighted by Crippen LogP contribution is 2.66. The number of benzene rings is 5. The van der Waals surface area contributed by atoms with Gasteiger partial charge < -0.3 is 14.7 Å². The van der Waals surface area contributed by atoms with Gasteiger partial charge in [-0.15, -0.1) is 11.3 Å². The van der Waals surface area contributed by atoms with Crippen LogP contribution in [0.5, 0.6) is 0 Å². The first-order valence-electron chi connectivity index (χ1n) is 25.2. The number of aryl methyl sites for hydroxylation is 4. The zero-order valence-electron chi connectivity index (χ0n) is 41.9. The summed E-state index contributed by atoms with van der Waals surface area (Å²) in [5.41, 5.74) is 24.7. The van der Waals surface area contributed by atoms with Gasteiger partial charge in [-0.05, 0) is 163 Å². The highest BCUT2D eigenvalue weighted by atomic mass is 32.1. The average Bonchev–Trinajstić information content (AvgIpc) is 3.79. The van der Waals surface area contributed by atoms with Crippen molar-refractivity contribution >= 4 is 83.6 Å². The normalized spacial score (nSPS) is 26.2. The van der Waals surface area contributed by atoms with Crippen LogP contribution in [0.1, 0.15) is 165 Å². The molecule has 0 saturated heterocycles. The molecule has 0 spiro atoms. The molecule has 5 heteroatoms. The summed E-state index contributed by atoms with van der Waals surface area (Å²) >= 11 is 2.01. The van der Waals surface area contributed by atoms with E-state index in [-0.39, 0.29) is 39.5 Å². The van der Waals surface area contributed by atoms with Gasteiger partial charge in [-0.25, -0.2) is 0 Å². The van der Waals surface area contributed by atoms with Crippen LogP contribution in [0, 0.1) is 27.7 Å². The number of hydrogen-bond acceptors (Lipinski definition) is 4. The topological polar surface area (TPSA) is 9.72 Å². The minimum Gasteiger partial charge on any atom is -0.335 e. The lowest BCUT2D eigenvalue weighted by Crippen LogP contribution is -2.65. The summed E-state index contributed by atoms with van der Waals surface area (Å²) < 4.78 is 1.38. The SMILES string of the molecule is Cc1cc(C)c2c3c1B1c4c(cc(N5c6ccc(C(C)(C)C)cc6C6(C)CCCCC56C)cc4N3C3(C)CCCCC23C)N(c2c(C)cc(C(C)(C)C)cc2C)c2sc3ccccc3c21. The minimum absolute atomic E-state index is 0.0291. The van der Waals surface area contributed by atoms with Crippen molar-refractivity contribution in [2.24, 2.45) is 0 Å². The lowest BCUT2D eigenvalue weighted by atomic mass is 9.33. The van der Waals surface area contributed by atoms with Crippen molar-refractivity contribution in [1.29, 1.82) is 0 Å². The van der Waals surface area contributed by atoms with E-state index in [2.05, 4.69) is 184 Å². The molecule has 2 saturated carbocycles. The first kappa shape index (κ1) is 41.9. The number of hydrogen-bond donors (Lipinski definition) is 0. The van der Waals surface area contributed by atoms with Gasteiger partial charge in [-0.3, -0.25) is 0 Å². The lowest BCUT2D eigenvalue weighted by Gasteiger charge is -2.53. The quantitative estimate of drug-likeness (QED) is 0.160. The van der Waals surface area contributed by atoms with Crippen LogP contribution in [0.2, 0.25) is 0 Å². The highest BCUT2D eigenvalue weighted by Gasteiger charge is 2.63. The standard InChI is InChI=1S/C60H70BN3S/c1-35-29-36(2)49-53-48(35)58(12)26-18-20-28-60(58,14)64(53)46-34-41(63-44-24-23-39(55(5,6)7)32-43(44)57(11)25-17-19-27-59(57,63)13)33-45-51(46)61(49)50-42-21-15-16-22-47(42)65-54(50)62(45)52-37(3)30-40(31-38(52)4)56(8,9)10/h15-16,21-24,29-34H,17-20,25-28H2,1-14H3. The van der Waals surface area contributed by atoms with Crippen molar-refractivity contribution in [2.75, 3.05) is 14.7 Å². The molecular weight excluding hydrogens is 806 g/mol. The van der Waals surface area contributed by atoms with E-state index in [4.69, 9.17) is 0 Å². The summed E-state index contributed by atoms with van der Waals surface area (Å²) in [5.74, 6) is 0. The number of nitrogens with zero attached hydrogens (tertiary/aromatic N) is 3. The van der Waals surface area contributed by atoms with E-state index >= 15 is 0 Å². The van der Waals surface area contributed by atoms with Crippen molar-refractivity contribution in [3.63, 3.8) is 0 Å². The molecule has 1 aromatic heterocycles. The van der Waals surface area contributed by atoms with E-state index in [1.165, 1.54) is 145 Å². The molecule has 2 aliphatic carbocycles. The molecule has 4 unspecified atom stereocenters. The maximum atomic E-state index is 2.98. The van der Waals surface area contributed by atoms with Crippen molar-refractivity contribution in [2.45, 2.75) is 181 Å². The van der Waals surface area contributed by atoms with Gasteiger partial charge in [0.25, 0.3) is 6.71 Å². The maximum Gasteiger partial charge on any atom is 0.254 e. The van der Waals surface area contributed by atoms with Gasteiger partial charge in [0.05, 0.1) is 21.8 Å². The Morgan fingerprint density at radius 1 is 0.538 bits per heavy atom. The zero-order chi connectivity index (χ0) is 45.7. The number of anilines is 7. The third-order valence-corrected chi connectivity index (χ3v) is 20.1. The molecule has 0 radical (unpaired) electrons. The average molecular weight is 876 g/mol. The molecule has 5 heterocycles. The summed E-state index contributed by atoms with van der Waals surface area (Å²) in [4.78, 5) is 8.65. The maximum absolute atomic E-state index is 2.98. The third-order valence-electron chi connectivity index (χ3n) is 18.9. The summed E-state index contributed by atoms with van der Waals surface area (Å²) in [6, 6.07) is 29.9. The van der Waals surface area contributed by atoms with E-state index in [9.17, 15) is 0 Å². The molecule has 3 nitrogen and oxygen atoms in total. The molecular formula is C60H70BN3S. The summed E-state index contributed by atoms with van der Waals surface area (Å²) in [6.45, 7) is 34.6. The largest absolute Gasteiger partial charge is 0.335 e. The van der Waals surface area contributed by atoms with Crippen molar-refractivity contribution in [3.05, 3.63) is 117 Å². The summed E-state index contributed by atoms with van der Waals surface area (Å²) in [7, 11) is 0. The highest BCUT2D eigenvalue weighted by molar-refractivity contribution is 7.26. The third kappa shape index (κ3) is 5.15. The molecule has 0 bridgehead atoms. The summed E-state index contributed by atoms with van der Waals surface area (Å²) in [6.07, 6.45) is 9.92. The number of thiophene rings is 1. The molecule has 12 rings (SSSR count). The molecule has 4 atom stereocenters. The predicted octanol–water partition coefficient (Wildman–Crippen LogP) is 14.8. The Morgan fingerprint density at radius 2 is 1.15 bits per heavy atom. The van der Waals surface area contributed by atoms with E-state index in [1.54, 1.807) is 16.6 Å². The molecule has 334 valence electrons. The molecule has 6 aromatic rings. The van der Waals surface area contributed by atoms with Gasteiger partial charge in [-0.1, -0.05) is 135 Å². The van der Waals surface area contributed by atoms with Gasteiger partial charge in [0.2, 0.25) is 0 Å². The van der Waals surface area contributed by atoms with Gasteiger partial charge in [-0.2, -0.15) is 0 Å². The van der Waals surface area contributed by atoms with Gasteiger partial charge in [0.1, 0.15) is 0 Å². The molecule has 5 aromatic carbocycles. The monoisotopic (exact) mass is 876 g/mol. The Labute approximate surface area is 394 Å². The Bertz CT molecular complexity index is 3050. The molecule has 65 heavy (non-hydrogen) atoms. The molecule has 6 aliphatic rings. The van der Waals surface area contributed by atoms with Gasteiger partial charge in [0, 0.05) is 44.0 Å². The van der Waals surface area contributed by atoms with Crippen molar-refractivity contribution in [1.82, 2.24) is 0 Å². The Balaban J connectivity index is 1.24. The fourth-order valence-corrected chi connectivity index (χ4v) is 16.4.